The number of carbonyl (C=O) groups is 1. The molecule has 1 saturated heterocycles. The fourth-order valence-corrected chi connectivity index (χ4v) is 3.90. The number of aromatic nitrogens is 2. The number of carboxylic acids is 1. The van der Waals surface area contributed by atoms with Crippen LogP contribution < -0.4 is 0 Å². The number of carboxylic acid groups (broad SMARTS) is 1. The van der Waals surface area contributed by atoms with Crippen molar-refractivity contribution in [2.24, 2.45) is 0 Å². The Bertz CT molecular complexity index is 400. The van der Waals surface area contributed by atoms with Gasteiger partial charge in [-0.1, -0.05) is 11.8 Å². The van der Waals surface area contributed by atoms with Gasteiger partial charge in [0.2, 0.25) is 0 Å². The van der Waals surface area contributed by atoms with Gasteiger partial charge in [-0.3, -0.25) is 4.79 Å². The van der Waals surface area contributed by atoms with E-state index in [0.717, 1.165) is 17.4 Å². The van der Waals surface area contributed by atoms with Gasteiger partial charge in [-0.05, 0) is 25.5 Å². The van der Waals surface area contributed by atoms with E-state index in [1.54, 1.807) is 0 Å². The highest BCUT2D eigenvalue weighted by Crippen LogP contribution is 2.29. The van der Waals surface area contributed by atoms with Crippen LogP contribution in [0.15, 0.2) is 11.4 Å². The topological polar surface area (TPSA) is 55.1 Å². The maximum Gasteiger partial charge on any atom is 0.313 e. The standard InChI is InChI=1S/C11H16N2O2S2/c1-8-5-12-11(17-7-10(14)15)13(8)6-9-3-2-4-16-9/h5,9H,2-4,6-7H2,1H3,(H,14,15). The second kappa shape index (κ2) is 5.82. The van der Waals surface area contributed by atoms with E-state index in [0.29, 0.717) is 5.25 Å². The van der Waals surface area contributed by atoms with Crippen molar-refractivity contribution >= 4 is 29.5 Å². The average molecular weight is 272 g/mol. The second-order valence-corrected chi connectivity index (χ2v) is 6.46. The maximum absolute atomic E-state index is 10.6. The lowest BCUT2D eigenvalue weighted by molar-refractivity contribution is -0.133. The molecule has 0 radical (unpaired) electrons. The van der Waals surface area contributed by atoms with Gasteiger partial charge in [-0.15, -0.1) is 0 Å². The van der Waals surface area contributed by atoms with Crippen LogP contribution in [0, 0.1) is 6.92 Å². The number of aliphatic carboxylic acids is 1. The van der Waals surface area contributed by atoms with Crippen LogP contribution in [0.1, 0.15) is 18.5 Å². The first-order valence-electron chi connectivity index (χ1n) is 5.65. The molecule has 94 valence electrons. The van der Waals surface area contributed by atoms with Crippen molar-refractivity contribution in [2.45, 2.75) is 36.7 Å². The van der Waals surface area contributed by atoms with E-state index < -0.39 is 5.97 Å². The molecule has 1 aromatic heterocycles. The summed E-state index contributed by atoms with van der Waals surface area (Å²) < 4.78 is 2.15. The highest BCUT2D eigenvalue weighted by molar-refractivity contribution is 8.00. The van der Waals surface area contributed by atoms with Crippen LogP contribution >= 0.6 is 23.5 Å². The Balaban J connectivity index is 2.03. The molecule has 1 N–H and O–H groups in total. The van der Waals surface area contributed by atoms with E-state index in [-0.39, 0.29) is 5.75 Å². The van der Waals surface area contributed by atoms with Crippen molar-refractivity contribution in [3.8, 4) is 0 Å². The number of hydrogen-bond donors (Lipinski definition) is 1. The molecule has 2 rings (SSSR count). The number of imidazole rings is 1. The van der Waals surface area contributed by atoms with E-state index in [4.69, 9.17) is 5.11 Å². The third kappa shape index (κ3) is 3.42. The van der Waals surface area contributed by atoms with Crippen molar-refractivity contribution in [1.29, 1.82) is 0 Å². The summed E-state index contributed by atoms with van der Waals surface area (Å²) in [5.41, 5.74) is 1.12. The molecule has 17 heavy (non-hydrogen) atoms. The largest absolute Gasteiger partial charge is 0.481 e. The third-order valence-electron chi connectivity index (χ3n) is 2.75. The molecule has 0 aliphatic carbocycles. The first-order chi connectivity index (χ1) is 8.16. The highest BCUT2D eigenvalue weighted by atomic mass is 32.2. The summed E-state index contributed by atoms with van der Waals surface area (Å²) in [7, 11) is 0. The van der Waals surface area contributed by atoms with Gasteiger partial charge in [-0.2, -0.15) is 11.8 Å². The van der Waals surface area contributed by atoms with Crippen LogP contribution in [-0.4, -0.2) is 37.4 Å². The first kappa shape index (κ1) is 12.8. The quantitative estimate of drug-likeness (QED) is 0.833. The molecule has 1 unspecified atom stereocenters. The van der Waals surface area contributed by atoms with Crippen molar-refractivity contribution < 1.29 is 9.90 Å². The summed E-state index contributed by atoms with van der Waals surface area (Å²) in [6.07, 6.45) is 4.37. The van der Waals surface area contributed by atoms with E-state index >= 15 is 0 Å². The Morgan fingerprint density at radius 2 is 2.59 bits per heavy atom. The molecule has 1 aliphatic heterocycles. The van der Waals surface area contributed by atoms with Crippen LogP contribution in [-0.2, 0) is 11.3 Å². The number of thioether (sulfide) groups is 2. The zero-order valence-electron chi connectivity index (χ0n) is 9.76. The number of hydrogen-bond acceptors (Lipinski definition) is 4. The molecular weight excluding hydrogens is 256 g/mol. The second-order valence-electron chi connectivity index (χ2n) is 4.11. The van der Waals surface area contributed by atoms with Crippen molar-refractivity contribution in [2.75, 3.05) is 11.5 Å². The van der Waals surface area contributed by atoms with Crippen molar-refractivity contribution in [3.05, 3.63) is 11.9 Å². The molecule has 0 aromatic carbocycles. The fourth-order valence-electron chi connectivity index (χ4n) is 1.89. The molecule has 2 heterocycles. The predicted molar refractivity (Wildman–Crippen MR) is 70.8 cm³/mol. The zero-order chi connectivity index (χ0) is 12.3. The lowest BCUT2D eigenvalue weighted by Crippen LogP contribution is -2.12. The normalized spacial score (nSPS) is 19.7. The molecule has 1 aliphatic rings. The minimum Gasteiger partial charge on any atom is -0.481 e. The molecule has 6 heteroatoms. The average Bonchev–Trinajstić information content (AvgIpc) is 2.89. The monoisotopic (exact) mass is 272 g/mol. The summed E-state index contributed by atoms with van der Waals surface area (Å²) in [6.45, 7) is 2.98. The molecule has 0 bridgehead atoms. The summed E-state index contributed by atoms with van der Waals surface area (Å²) in [5, 5.41) is 10.2. The van der Waals surface area contributed by atoms with Crippen LogP contribution in [0.2, 0.25) is 0 Å². The Morgan fingerprint density at radius 3 is 3.24 bits per heavy atom. The lowest BCUT2D eigenvalue weighted by Gasteiger charge is -2.13. The minimum absolute atomic E-state index is 0.0776. The van der Waals surface area contributed by atoms with Crippen LogP contribution in [0.3, 0.4) is 0 Å². The lowest BCUT2D eigenvalue weighted by atomic mass is 10.2. The number of rotatable bonds is 5. The smallest absolute Gasteiger partial charge is 0.313 e. The summed E-state index contributed by atoms with van der Waals surface area (Å²) >= 11 is 3.31. The summed E-state index contributed by atoms with van der Waals surface area (Å²) in [4.78, 5) is 14.9. The van der Waals surface area contributed by atoms with Gasteiger partial charge in [0.15, 0.2) is 5.16 Å². The van der Waals surface area contributed by atoms with E-state index in [1.165, 1.54) is 30.4 Å². The Hall–Kier alpha value is -0.620. The Morgan fingerprint density at radius 1 is 1.76 bits per heavy atom. The number of aryl methyl sites for hydroxylation is 1. The molecule has 0 saturated carbocycles. The predicted octanol–water partition coefficient (Wildman–Crippen LogP) is 2.26. The SMILES string of the molecule is Cc1cnc(SCC(=O)O)n1CC1CCCS1. The van der Waals surface area contributed by atoms with Gasteiger partial charge in [0.25, 0.3) is 0 Å². The van der Waals surface area contributed by atoms with Crippen molar-refractivity contribution in [1.82, 2.24) is 9.55 Å². The molecular formula is C11H16N2O2S2. The molecule has 1 aromatic rings. The van der Waals surface area contributed by atoms with Gasteiger partial charge < -0.3 is 9.67 Å². The Labute approximate surface area is 109 Å². The zero-order valence-corrected chi connectivity index (χ0v) is 11.4. The highest BCUT2D eigenvalue weighted by Gasteiger charge is 2.19. The number of nitrogens with zero attached hydrogens (tertiary/aromatic N) is 2. The Kier molecular flexibility index (Phi) is 4.39. The van der Waals surface area contributed by atoms with Gasteiger partial charge >= 0.3 is 5.97 Å². The van der Waals surface area contributed by atoms with Gasteiger partial charge in [0.05, 0.1) is 5.75 Å². The summed E-state index contributed by atoms with van der Waals surface area (Å²) in [5.74, 6) is 0.530. The van der Waals surface area contributed by atoms with E-state index in [9.17, 15) is 4.79 Å². The van der Waals surface area contributed by atoms with Crippen molar-refractivity contribution in [3.63, 3.8) is 0 Å². The molecule has 4 nitrogen and oxygen atoms in total. The minimum atomic E-state index is -0.794. The van der Waals surface area contributed by atoms with E-state index in [1.807, 2.05) is 24.9 Å². The summed E-state index contributed by atoms with van der Waals surface area (Å²) in [6, 6.07) is 0. The maximum atomic E-state index is 10.6. The first-order valence-corrected chi connectivity index (χ1v) is 7.68. The van der Waals surface area contributed by atoms with Gasteiger partial charge in [0.1, 0.15) is 0 Å². The van der Waals surface area contributed by atoms with E-state index in [2.05, 4.69) is 9.55 Å². The van der Waals surface area contributed by atoms with Crippen LogP contribution in [0.25, 0.3) is 0 Å². The third-order valence-corrected chi connectivity index (χ3v) is 5.11. The van der Waals surface area contributed by atoms with Gasteiger partial charge in [-0.25, -0.2) is 4.98 Å². The fraction of sp³-hybridized carbons (Fsp3) is 0.636. The molecule has 1 atom stereocenters. The van der Waals surface area contributed by atoms with Crippen LogP contribution in [0.5, 0.6) is 0 Å². The molecule has 0 spiro atoms. The van der Waals surface area contributed by atoms with Gasteiger partial charge in [0, 0.05) is 23.7 Å². The molecule has 0 amide bonds. The van der Waals surface area contributed by atoms with Crippen LogP contribution in [0.4, 0.5) is 0 Å². The molecule has 1 fully saturated rings.